The first kappa shape index (κ1) is 20.1. The average Bonchev–Trinajstić information content (AvgIpc) is 2.57. The highest BCUT2D eigenvalue weighted by Crippen LogP contribution is 2.05. The lowest BCUT2D eigenvalue weighted by Crippen LogP contribution is -2.39. The van der Waals surface area contributed by atoms with E-state index in [1.165, 1.54) is 16.4 Å². The van der Waals surface area contributed by atoms with Crippen LogP contribution in [0.5, 0.6) is 0 Å². The van der Waals surface area contributed by atoms with Crippen LogP contribution in [-0.2, 0) is 27.7 Å². The van der Waals surface area contributed by atoms with Gasteiger partial charge in [-0.3, -0.25) is 4.79 Å². The average molecular weight is 378 g/mol. The summed E-state index contributed by atoms with van der Waals surface area (Å²) in [7, 11) is -3.37. The maximum Gasteiger partial charge on any atom is 0.224 e. The van der Waals surface area contributed by atoms with Crippen molar-refractivity contribution in [2.24, 2.45) is 0 Å². The minimum atomic E-state index is -3.37. The molecule has 0 saturated heterocycles. The fraction of sp³-hybridized carbons (Fsp3) is 0.316. The Morgan fingerprint density at radius 1 is 1.04 bits per heavy atom. The van der Waals surface area contributed by atoms with Gasteiger partial charge in [-0.15, -0.1) is 0 Å². The highest BCUT2D eigenvalue weighted by atomic mass is 32.2. The molecule has 140 valence electrons. The van der Waals surface area contributed by atoms with Crippen molar-refractivity contribution in [3.8, 4) is 0 Å². The van der Waals surface area contributed by atoms with E-state index in [1.54, 1.807) is 12.1 Å². The summed E-state index contributed by atoms with van der Waals surface area (Å²) in [6, 6.07) is 15.5. The monoisotopic (exact) mass is 378 g/mol. The molecule has 7 heteroatoms. The van der Waals surface area contributed by atoms with E-state index in [9.17, 15) is 17.6 Å². The number of hydrogen-bond donors (Lipinski definition) is 1. The Kier molecular flexibility index (Phi) is 7.29. The number of carbonyl (C=O) groups excluding carboxylic acids is 1. The third-order valence-corrected chi connectivity index (χ3v) is 5.20. The summed E-state index contributed by atoms with van der Waals surface area (Å²) in [5, 5.41) is 2.68. The Labute approximate surface area is 153 Å². The summed E-state index contributed by atoms with van der Waals surface area (Å²) in [5.74, 6) is -0.661. The van der Waals surface area contributed by atoms with Gasteiger partial charge in [-0.05, 0) is 29.7 Å². The Hall–Kier alpha value is -2.25. The molecule has 2 aromatic rings. The fourth-order valence-corrected chi connectivity index (χ4v) is 3.40. The van der Waals surface area contributed by atoms with Crippen molar-refractivity contribution >= 4 is 15.9 Å². The zero-order valence-electron chi connectivity index (χ0n) is 14.7. The van der Waals surface area contributed by atoms with Crippen molar-refractivity contribution in [3.63, 3.8) is 0 Å². The highest BCUT2D eigenvalue weighted by Gasteiger charge is 2.16. The molecular weight excluding hydrogens is 355 g/mol. The van der Waals surface area contributed by atoms with Gasteiger partial charge in [-0.1, -0.05) is 42.5 Å². The van der Waals surface area contributed by atoms with E-state index in [-0.39, 0.29) is 31.2 Å². The van der Waals surface area contributed by atoms with Gasteiger partial charge in [0.25, 0.3) is 0 Å². The van der Waals surface area contributed by atoms with Gasteiger partial charge < -0.3 is 5.32 Å². The zero-order valence-corrected chi connectivity index (χ0v) is 15.5. The second-order valence-corrected chi connectivity index (χ2v) is 8.04. The minimum Gasteiger partial charge on any atom is -0.354 e. The van der Waals surface area contributed by atoms with Gasteiger partial charge in [0.1, 0.15) is 5.82 Å². The minimum absolute atomic E-state index is 0.0562. The van der Waals surface area contributed by atoms with E-state index in [4.69, 9.17) is 0 Å². The molecule has 0 bridgehead atoms. The van der Waals surface area contributed by atoms with Gasteiger partial charge in [-0.2, -0.15) is 0 Å². The summed E-state index contributed by atoms with van der Waals surface area (Å²) in [5.41, 5.74) is 1.63. The molecule has 0 fully saturated rings. The zero-order chi connectivity index (χ0) is 19.0. The largest absolute Gasteiger partial charge is 0.354 e. The topological polar surface area (TPSA) is 66.5 Å². The van der Waals surface area contributed by atoms with Crippen LogP contribution in [0.3, 0.4) is 0 Å². The summed E-state index contributed by atoms with van der Waals surface area (Å²) in [6.07, 6.45) is 1.82. The summed E-state index contributed by atoms with van der Waals surface area (Å²) < 4.78 is 38.3. The molecule has 2 aromatic carbocycles. The van der Waals surface area contributed by atoms with Crippen LogP contribution < -0.4 is 5.32 Å². The van der Waals surface area contributed by atoms with Crippen molar-refractivity contribution in [2.45, 2.75) is 12.8 Å². The summed E-state index contributed by atoms with van der Waals surface area (Å²) in [6.45, 7) is 0.749. The molecule has 0 aromatic heterocycles. The first-order valence-corrected chi connectivity index (χ1v) is 10.2. The molecule has 0 heterocycles. The van der Waals surface area contributed by atoms with E-state index in [0.29, 0.717) is 18.5 Å². The molecule has 1 N–H and O–H groups in total. The molecule has 5 nitrogen and oxygen atoms in total. The number of carbonyl (C=O) groups is 1. The van der Waals surface area contributed by atoms with Crippen LogP contribution in [0.15, 0.2) is 54.6 Å². The van der Waals surface area contributed by atoms with Gasteiger partial charge in [0.2, 0.25) is 15.9 Å². The Bertz CT molecular complexity index is 826. The molecule has 0 unspecified atom stereocenters. The Morgan fingerprint density at radius 3 is 2.38 bits per heavy atom. The van der Waals surface area contributed by atoms with Crippen molar-refractivity contribution < 1.29 is 17.6 Å². The van der Waals surface area contributed by atoms with Crippen LogP contribution in [-0.4, -0.2) is 44.5 Å². The molecule has 0 radical (unpaired) electrons. The SMILES string of the molecule is CS(=O)(=O)N(CCNC(=O)Cc1cccc(F)c1)CCc1ccccc1. The Morgan fingerprint density at radius 2 is 1.73 bits per heavy atom. The van der Waals surface area contributed by atoms with Gasteiger partial charge in [0.15, 0.2) is 0 Å². The lowest BCUT2D eigenvalue weighted by Gasteiger charge is -2.20. The predicted molar refractivity (Wildman–Crippen MR) is 99.7 cm³/mol. The maximum atomic E-state index is 13.1. The van der Waals surface area contributed by atoms with Crippen molar-refractivity contribution in [2.75, 3.05) is 25.9 Å². The first-order chi connectivity index (χ1) is 12.3. The Balaban J connectivity index is 1.82. The second kappa shape index (κ2) is 9.45. The van der Waals surface area contributed by atoms with Gasteiger partial charge in [0, 0.05) is 19.6 Å². The second-order valence-electron chi connectivity index (χ2n) is 6.05. The van der Waals surface area contributed by atoms with E-state index in [0.717, 1.165) is 11.8 Å². The van der Waals surface area contributed by atoms with Crippen LogP contribution in [0.2, 0.25) is 0 Å². The summed E-state index contributed by atoms with van der Waals surface area (Å²) in [4.78, 5) is 11.9. The number of nitrogens with one attached hydrogen (secondary N) is 1. The molecular formula is C19H23FN2O3S. The van der Waals surface area contributed by atoms with Gasteiger partial charge >= 0.3 is 0 Å². The predicted octanol–water partition coefficient (Wildman–Crippen LogP) is 1.99. The third-order valence-electron chi connectivity index (χ3n) is 3.90. The number of sulfonamides is 1. The standard InChI is InChI=1S/C19H23FN2O3S/c1-26(24,25)22(12-10-16-6-3-2-4-7-16)13-11-21-19(23)15-17-8-5-9-18(20)14-17/h2-9,14H,10-13,15H2,1H3,(H,21,23). The molecule has 0 atom stereocenters. The number of benzene rings is 2. The normalized spacial score (nSPS) is 11.5. The van der Waals surface area contributed by atoms with Gasteiger partial charge in [-0.25, -0.2) is 17.1 Å². The molecule has 0 saturated carbocycles. The third kappa shape index (κ3) is 6.93. The smallest absolute Gasteiger partial charge is 0.224 e. The van der Waals surface area contributed by atoms with Crippen molar-refractivity contribution in [1.82, 2.24) is 9.62 Å². The van der Waals surface area contributed by atoms with Crippen LogP contribution in [0.1, 0.15) is 11.1 Å². The number of amides is 1. The number of nitrogens with zero attached hydrogens (tertiary/aromatic N) is 1. The van der Waals surface area contributed by atoms with E-state index in [2.05, 4.69) is 5.32 Å². The van der Waals surface area contributed by atoms with E-state index in [1.807, 2.05) is 30.3 Å². The van der Waals surface area contributed by atoms with Crippen LogP contribution >= 0.6 is 0 Å². The number of hydrogen-bond acceptors (Lipinski definition) is 3. The molecule has 0 aliphatic heterocycles. The van der Waals surface area contributed by atoms with Gasteiger partial charge in [0.05, 0.1) is 12.7 Å². The lowest BCUT2D eigenvalue weighted by atomic mass is 10.1. The maximum absolute atomic E-state index is 13.1. The summed E-state index contributed by atoms with van der Waals surface area (Å²) >= 11 is 0. The number of halogens is 1. The molecule has 2 rings (SSSR count). The number of rotatable bonds is 9. The lowest BCUT2D eigenvalue weighted by molar-refractivity contribution is -0.120. The molecule has 1 amide bonds. The first-order valence-electron chi connectivity index (χ1n) is 8.35. The highest BCUT2D eigenvalue weighted by molar-refractivity contribution is 7.88. The van der Waals surface area contributed by atoms with Crippen molar-refractivity contribution in [3.05, 3.63) is 71.5 Å². The quantitative estimate of drug-likeness (QED) is 0.726. The van der Waals surface area contributed by atoms with Crippen LogP contribution in [0.4, 0.5) is 4.39 Å². The fourth-order valence-electron chi connectivity index (χ4n) is 2.56. The molecule has 0 spiro atoms. The van der Waals surface area contributed by atoms with Crippen LogP contribution in [0.25, 0.3) is 0 Å². The molecule has 0 aliphatic carbocycles. The van der Waals surface area contributed by atoms with E-state index >= 15 is 0 Å². The van der Waals surface area contributed by atoms with Crippen molar-refractivity contribution in [1.29, 1.82) is 0 Å². The van der Waals surface area contributed by atoms with E-state index < -0.39 is 10.0 Å². The molecule has 0 aliphatic rings. The molecule has 26 heavy (non-hydrogen) atoms. The van der Waals surface area contributed by atoms with Crippen LogP contribution in [0, 0.1) is 5.82 Å².